The first-order valence-corrected chi connectivity index (χ1v) is 10.4. The van der Waals surface area contributed by atoms with Gasteiger partial charge < -0.3 is 9.73 Å². The summed E-state index contributed by atoms with van der Waals surface area (Å²) in [5, 5.41) is 2.81. The standard InChI is InChI=1S/C24H26F3N3O2/c1-3-17(2)30(14-19-9-11-20(12-10-19)24(25,26)27)15-22-29-21(16-32-22)23(31)28-13-18-7-5-4-6-8-18/h4-12,16-17H,3,13-15H2,1-2H3,(H,28,31). The van der Waals surface area contributed by atoms with Crippen LogP contribution in [0.15, 0.2) is 65.3 Å². The average molecular weight is 445 g/mol. The number of alkyl halides is 3. The molecule has 1 amide bonds. The molecule has 0 aliphatic carbocycles. The molecule has 0 aliphatic rings. The van der Waals surface area contributed by atoms with Crippen molar-refractivity contribution in [1.29, 1.82) is 0 Å². The molecule has 32 heavy (non-hydrogen) atoms. The summed E-state index contributed by atoms with van der Waals surface area (Å²) in [7, 11) is 0. The molecular formula is C24H26F3N3O2. The summed E-state index contributed by atoms with van der Waals surface area (Å²) in [6.07, 6.45) is -2.20. The van der Waals surface area contributed by atoms with Crippen LogP contribution in [0, 0.1) is 0 Å². The van der Waals surface area contributed by atoms with Gasteiger partial charge in [-0.1, -0.05) is 49.4 Å². The van der Waals surface area contributed by atoms with E-state index in [1.54, 1.807) is 0 Å². The summed E-state index contributed by atoms with van der Waals surface area (Å²) < 4.78 is 43.9. The third-order valence-electron chi connectivity index (χ3n) is 5.30. The molecule has 0 saturated heterocycles. The molecule has 1 atom stereocenters. The number of amides is 1. The minimum absolute atomic E-state index is 0.138. The number of carbonyl (C=O) groups excluding carboxylic acids is 1. The number of oxazole rings is 1. The Bertz CT molecular complexity index is 1000. The van der Waals surface area contributed by atoms with Gasteiger partial charge in [-0.3, -0.25) is 9.69 Å². The summed E-state index contributed by atoms with van der Waals surface area (Å²) in [6.45, 7) is 5.21. The molecule has 1 heterocycles. The molecule has 2 aromatic carbocycles. The predicted octanol–water partition coefficient (Wildman–Crippen LogP) is 5.42. The second-order valence-electron chi connectivity index (χ2n) is 7.65. The van der Waals surface area contributed by atoms with Crippen LogP contribution in [0.3, 0.4) is 0 Å². The number of benzene rings is 2. The largest absolute Gasteiger partial charge is 0.447 e. The van der Waals surface area contributed by atoms with Crippen molar-refractivity contribution in [2.45, 2.75) is 52.1 Å². The lowest BCUT2D eigenvalue weighted by atomic mass is 10.1. The molecule has 0 aliphatic heterocycles. The van der Waals surface area contributed by atoms with E-state index in [4.69, 9.17) is 4.42 Å². The maximum absolute atomic E-state index is 12.8. The second-order valence-corrected chi connectivity index (χ2v) is 7.65. The van der Waals surface area contributed by atoms with Crippen molar-refractivity contribution in [1.82, 2.24) is 15.2 Å². The highest BCUT2D eigenvalue weighted by molar-refractivity contribution is 5.91. The zero-order chi connectivity index (χ0) is 23.1. The number of halogens is 3. The second kappa shape index (κ2) is 10.5. The Morgan fingerprint density at radius 3 is 2.38 bits per heavy atom. The van der Waals surface area contributed by atoms with Gasteiger partial charge in [-0.05, 0) is 36.6 Å². The Morgan fingerprint density at radius 2 is 1.75 bits per heavy atom. The third-order valence-corrected chi connectivity index (χ3v) is 5.30. The van der Waals surface area contributed by atoms with Crippen molar-refractivity contribution >= 4 is 5.91 Å². The van der Waals surface area contributed by atoms with Gasteiger partial charge in [-0.25, -0.2) is 4.98 Å². The normalized spacial score (nSPS) is 12.7. The van der Waals surface area contributed by atoms with Crippen LogP contribution in [0.5, 0.6) is 0 Å². The zero-order valence-corrected chi connectivity index (χ0v) is 18.0. The van der Waals surface area contributed by atoms with Crippen molar-refractivity contribution in [3.8, 4) is 0 Å². The molecule has 3 aromatic rings. The Hall–Kier alpha value is -3.13. The van der Waals surface area contributed by atoms with Gasteiger partial charge >= 0.3 is 6.18 Å². The van der Waals surface area contributed by atoms with Crippen molar-refractivity contribution in [3.05, 3.63) is 89.1 Å². The SMILES string of the molecule is CCC(C)N(Cc1ccc(C(F)(F)F)cc1)Cc1nc(C(=O)NCc2ccccc2)co1. The molecule has 0 fully saturated rings. The topological polar surface area (TPSA) is 58.4 Å². The highest BCUT2D eigenvalue weighted by Gasteiger charge is 2.30. The predicted molar refractivity (Wildman–Crippen MR) is 115 cm³/mol. The number of nitrogens with zero attached hydrogens (tertiary/aromatic N) is 2. The van der Waals surface area contributed by atoms with Gasteiger partial charge in [0.05, 0.1) is 12.1 Å². The van der Waals surface area contributed by atoms with Crippen LogP contribution in [0.2, 0.25) is 0 Å². The molecule has 0 spiro atoms. The van der Waals surface area contributed by atoms with Crippen molar-refractivity contribution < 1.29 is 22.4 Å². The third kappa shape index (κ3) is 6.43. The minimum atomic E-state index is -4.36. The quantitative estimate of drug-likeness (QED) is 0.478. The van der Waals surface area contributed by atoms with Crippen LogP contribution in [-0.2, 0) is 25.8 Å². The lowest BCUT2D eigenvalue weighted by Gasteiger charge is -2.27. The monoisotopic (exact) mass is 445 g/mol. The number of hydrogen-bond acceptors (Lipinski definition) is 4. The van der Waals surface area contributed by atoms with Crippen LogP contribution in [0.1, 0.15) is 53.3 Å². The maximum Gasteiger partial charge on any atom is 0.416 e. The molecule has 0 radical (unpaired) electrons. The maximum atomic E-state index is 12.8. The van der Waals surface area contributed by atoms with Crippen LogP contribution in [-0.4, -0.2) is 21.8 Å². The van der Waals surface area contributed by atoms with Crippen LogP contribution in [0.25, 0.3) is 0 Å². The van der Waals surface area contributed by atoms with Gasteiger partial charge in [-0.15, -0.1) is 0 Å². The average Bonchev–Trinajstić information content (AvgIpc) is 3.25. The van der Waals surface area contributed by atoms with Gasteiger partial charge in [0.15, 0.2) is 5.69 Å². The Labute approximate surface area is 185 Å². The highest BCUT2D eigenvalue weighted by Crippen LogP contribution is 2.29. The number of aromatic nitrogens is 1. The molecule has 1 aromatic heterocycles. The lowest BCUT2D eigenvalue weighted by molar-refractivity contribution is -0.137. The molecule has 1 N–H and O–H groups in total. The summed E-state index contributed by atoms with van der Waals surface area (Å²) in [5.74, 6) is 0.0451. The molecule has 0 bridgehead atoms. The van der Waals surface area contributed by atoms with Crippen LogP contribution >= 0.6 is 0 Å². The van der Waals surface area contributed by atoms with E-state index in [0.717, 1.165) is 29.7 Å². The lowest BCUT2D eigenvalue weighted by Crippen LogP contribution is -2.32. The van der Waals surface area contributed by atoms with Crippen LogP contribution in [0.4, 0.5) is 13.2 Å². The van der Waals surface area contributed by atoms with E-state index in [1.807, 2.05) is 44.2 Å². The van der Waals surface area contributed by atoms with E-state index in [9.17, 15) is 18.0 Å². The van der Waals surface area contributed by atoms with E-state index < -0.39 is 11.7 Å². The molecule has 5 nitrogen and oxygen atoms in total. The fraction of sp³-hybridized carbons (Fsp3) is 0.333. The molecular weight excluding hydrogens is 419 g/mol. The van der Waals surface area contributed by atoms with Crippen LogP contribution < -0.4 is 5.32 Å². The number of nitrogens with one attached hydrogen (secondary N) is 1. The van der Waals surface area contributed by atoms with E-state index in [-0.39, 0.29) is 17.6 Å². The molecule has 0 saturated carbocycles. The summed E-state index contributed by atoms with van der Waals surface area (Å²) in [4.78, 5) is 18.7. The summed E-state index contributed by atoms with van der Waals surface area (Å²) in [6, 6.07) is 14.8. The van der Waals surface area contributed by atoms with Crippen molar-refractivity contribution in [2.24, 2.45) is 0 Å². The summed E-state index contributed by atoms with van der Waals surface area (Å²) >= 11 is 0. The minimum Gasteiger partial charge on any atom is -0.447 e. The van der Waals surface area contributed by atoms with Crippen molar-refractivity contribution in [3.63, 3.8) is 0 Å². The fourth-order valence-electron chi connectivity index (χ4n) is 3.19. The van der Waals surface area contributed by atoms with E-state index in [0.29, 0.717) is 25.5 Å². The molecule has 8 heteroatoms. The first kappa shape index (κ1) is 23.5. The smallest absolute Gasteiger partial charge is 0.416 e. The Kier molecular flexibility index (Phi) is 7.69. The zero-order valence-electron chi connectivity index (χ0n) is 18.0. The van der Waals surface area contributed by atoms with E-state index >= 15 is 0 Å². The van der Waals surface area contributed by atoms with E-state index in [2.05, 4.69) is 15.2 Å². The molecule has 1 unspecified atom stereocenters. The molecule has 170 valence electrons. The Balaban J connectivity index is 1.63. The van der Waals surface area contributed by atoms with Gasteiger partial charge in [0, 0.05) is 19.1 Å². The van der Waals surface area contributed by atoms with Gasteiger partial charge in [0.2, 0.25) is 5.89 Å². The van der Waals surface area contributed by atoms with E-state index in [1.165, 1.54) is 18.4 Å². The van der Waals surface area contributed by atoms with Crippen molar-refractivity contribution in [2.75, 3.05) is 0 Å². The summed E-state index contributed by atoms with van der Waals surface area (Å²) in [5.41, 5.74) is 1.25. The number of hydrogen-bond donors (Lipinski definition) is 1. The Morgan fingerprint density at radius 1 is 1.06 bits per heavy atom. The first-order valence-electron chi connectivity index (χ1n) is 10.4. The number of rotatable bonds is 9. The van der Waals surface area contributed by atoms with Gasteiger partial charge in [-0.2, -0.15) is 13.2 Å². The highest BCUT2D eigenvalue weighted by atomic mass is 19.4. The number of carbonyl (C=O) groups is 1. The molecule has 3 rings (SSSR count). The van der Waals surface area contributed by atoms with Gasteiger partial charge in [0.1, 0.15) is 6.26 Å². The van der Waals surface area contributed by atoms with Gasteiger partial charge in [0.25, 0.3) is 5.91 Å². The first-order chi connectivity index (χ1) is 15.3. The fourth-order valence-corrected chi connectivity index (χ4v) is 3.19.